The highest BCUT2D eigenvalue weighted by atomic mass is 35.5. The Kier molecular flexibility index (Phi) is 11.0. The summed E-state index contributed by atoms with van der Waals surface area (Å²) in [6, 6.07) is 7.74. The first-order valence-corrected chi connectivity index (χ1v) is 18.6. The number of hydrogen-bond donors (Lipinski definition) is 3. The number of likely N-dealkylation sites (tertiary alicyclic amines) is 1. The number of rotatable bonds is 11. The summed E-state index contributed by atoms with van der Waals surface area (Å²) < 4.78 is 39.8. The zero-order chi connectivity index (χ0) is 34.1. The average Bonchev–Trinajstić information content (AvgIpc) is 3.65. The van der Waals surface area contributed by atoms with Crippen molar-refractivity contribution in [2.75, 3.05) is 31.9 Å². The van der Waals surface area contributed by atoms with Crippen molar-refractivity contribution in [2.24, 2.45) is 16.8 Å². The van der Waals surface area contributed by atoms with Crippen molar-refractivity contribution in [2.45, 2.75) is 88.7 Å². The number of piperidine rings is 1. The number of unbranched alkanes of at least 4 members (excludes halogenated alkanes) is 1. The van der Waals surface area contributed by atoms with Gasteiger partial charge in [0.2, 0.25) is 5.91 Å². The van der Waals surface area contributed by atoms with Gasteiger partial charge in [0.15, 0.2) is 0 Å². The molecule has 3 N–H and O–H groups in total. The molecule has 0 bridgehead atoms. The van der Waals surface area contributed by atoms with Crippen LogP contribution in [0.25, 0.3) is 5.57 Å². The number of hydrogen-bond acceptors (Lipinski definition) is 6. The first-order valence-electron chi connectivity index (χ1n) is 17.3. The topological polar surface area (TPSA) is 77.0 Å². The second-order valence-electron chi connectivity index (χ2n) is 14.0. The summed E-state index contributed by atoms with van der Waals surface area (Å²) in [5, 5.41) is 18.6. The first-order chi connectivity index (χ1) is 23.0. The van der Waals surface area contributed by atoms with E-state index < -0.39 is 30.3 Å². The fourth-order valence-corrected chi connectivity index (χ4v) is 9.68. The van der Waals surface area contributed by atoms with E-state index in [0.29, 0.717) is 18.8 Å². The molecule has 0 saturated carbocycles. The number of amides is 1. The van der Waals surface area contributed by atoms with E-state index in [2.05, 4.69) is 41.5 Å². The number of benzene rings is 1. The Balaban J connectivity index is 1.03. The molecule has 5 unspecified atom stereocenters. The maximum Gasteiger partial charge on any atom is 0.405 e. The van der Waals surface area contributed by atoms with E-state index >= 15 is 0 Å². The predicted octanol–water partition coefficient (Wildman–Crippen LogP) is 7.11. The van der Waals surface area contributed by atoms with Crippen LogP contribution in [0.1, 0.15) is 69.9 Å². The largest absolute Gasteiger partial charge is 0.405 e. The number of thioether (sulfide) groups is 1. The van der Waals surface area contributed by atoms with Gasteiger partial charge >= 0.3 is 6.18 Å². The van der Waals surface area contributed by atoms with Crippen molar-refractivity contribution in [1.29, 1.82) is 0 Å². The minimum absolute atomic E-state index is 0.0557. The number of aliphatic hydroxyl groups excluding tert-OH is 1. The molecule has 5 atom stereocenters. The van der Waals surface area contributed by atoms with Gasteiger partial charge < -0.3 is 15.3 Å². The quantitative estimate of drug-likeness (QED) is 0.169. The van der Waals surface area contributed by atoms with Gasteiger partial charge in [-0.3, -0.25) is 15.1 Å². The van der Waals surface area contributed by atoms with Crippen molar-refractivity contribution in [3.05, 3.63) is 75.9 Å². The summed E-state index contributed by atoms with van der Waals surface area (Å²) in [4.78, 5) is 21.2. The van der Waals surface area contributed by atoms with Crippen LogP contribution in [0.5, 0.6) is 0 Å². The molecule has 5 aliphatic rings. The molecule has 0 radical (unpaired) electrons. The Bertz CT molecular complexity index is 1530. The highest BCUT2D eigenvalue weighted by Crippen LogP contribution is 2.54. The van der Waals surface area contributed by atoms with E-state index in [1.165, 1.54) is 5.57 Å². The van der Waals surface area contributed by atoms with Crippen molar-refractivity contribution < 1.29 is 23.1 Å². The molecule has 48 heavy (non-hydrogen) atoms. The number of aliphatic hydroxyl groups is 1. The third kappa shape index (κ3) is 7.53. The molecular formula is C37H46ClF3N4O2S. The van der Waals surface area contributed by atoms with E-state index in [9.17, 15) is 23.1 Å². The lowest BCUT2D eigenvalue weighted by Gasteiger charge is -2.37. The second kappa shape index (κ2) is 14.9. The van der Waals surface area contributed by atoms with E-state index in [0.717, 1.165) is 89.8 Å². The molecule has 1 fully saturated rings. The average molecular weight is 703 g/mol. The number of nitrogens with one attached hydrogen (secondary N) is 2. The maximum absolute atomic E-state index is 13.9. The van der Waals surface area contributed by atoms with Gasteiger partial charge in [0, 0.05) is 16.8 Å². The Hall–Kier alpha value is -2.37. The van der Waals surface area contributed by atoms with Crippen LogP contribution < -0.4 is 10.6 Å². The van der Waals surface area contributed by atoms with Gasteiger partial charge in [-0.1, -0.05) is 74.4 Å². The number of alkyl halides is 3. The van der Waals surface area contributed by atoms with E-state index in [-0.39, 0.29) is 18.0 Å². The summed E-state index contributed by atoms with van der Waals surface area (Å²) in [6.07, 6.45) is 8.39. The maximum atomic E-state index is 13.9. The molecule has 1 saturated heterocycles. The molecule has 1 amide bonds. The lowest BCUT2D eigenvalue weighted by Crippen LogP contribution is -2.50. The van der Waals surface area contributed by atoms with Crippen LogP contribution in [0.2, 0.25) is 0 Å². The fourth-order valence-electron chi connectivity index (χ4n) is 8.15. The van der Waals surface area contributed by atoms with E-state index in [4.69, 9.17) is 16.6 Å². The van der Waals surface area contributed by atoms with Gasteiger partial charge in [-0.15, -0.1) is 11.8 Å². The number of allylic oxidation sites excluding steroid dienone is 6. The third-order valence-electron chi connectivity index (χ3n) is 10.6. The molecule has 3 aliphatic carbocycles. The second-order valence-corrected chi connectivity index (χ2v) is 15.4. The highest BCUT2D eigenvalue weighted by Gasteiger charge is 2.52. The van der Waals surface area contributed by atoms with Crippen LogP contribution in [0, 0.1) is 11.8 Å². The lowest BCUT2D eigenvalue weighted by molar-refractivity contribution is -0.141. The Morgan fingerprint density at radius 1 is 1.17 bits per heavy atom. The lowest BCUT2D eigenvalue weighted by atomic mass is 9.67. The monoisotopic (exact) mass is 702 g/mol. The summed E-state index contributed by atoms with van der Waals surface area (Å²) in [5.41, 5.74) is 3.81. The van der Waals surface area contributed by atoms with Crippen molar-refractivity contribution in [3.8, 4) is 0 Å². The number of nitrogens with zero attached hydrogens (tertiary/aromatic N) is 2. The summed E-state index contributed by atoms with van der Waals surface area (Å²) in [6.45, 7) is 5.55. The zero-order valence-corrected chi connectivity index (χ0v) is 29.2. The number of carbonyl (C=O) groups excluding carboxylic acids is 1. The van der Waals surface area contributed by atoms with Gasteiger partial charge in [0.25, 0.3) is 0 Å². The smallest absolute Gasteiger partial charge is 0.376 e. The Labute approximate surface area is 291 Å². The molecule has 1 aromatic rings. The first kappa shape index (κ1) is 35.5. The third-order valence-corrected chi connectivity index (χ3v) is 12.0. The standard InChI is InChI=1S/C37H46ClF3N4O2S/c1-23-8-7-10-29-28-9-3-4-11-30(28)36(32(23)29,35(47)42-22-37(39,40)41)16-5-6-17-45-18-14-26(15-19-45)43-33(46)31-21-48-34(44-31)27-13-12-25(38)20-24(27)2/h3-4,7,9-13,23-24,26,31,33,43,46H,5-6,8,14-22H2,1-2H3,(H,42,47). The SMILES string of the molecule is CC1CC(Cl)=CC=C1C1=NC(C(O)NC2CCN(CCCCC3(C(=O)NCC(F)(F)F)C4=C(C=CCC4C)c4ccccc43)CC2)CS1. The molecule has 11 heteroatoms. The Morgan fingerprint density at radius 2 is 1.94 bits per heavy atom. The van der Waals surface area contributed by atoms with Gasteiger partial charge in [0.1, 0.15) is 12.8 Å². The number of aliphatic imine (C=N–C) groups is 1. The number of halogens is 4. The van der Waals surface area contributed by atoms with Crippen LogP contribution in [0.3, 0.4) is 0 Å². The molecule has 6 rings (SSSR count). The van der Waals surface area contributed by atoms with Crippen LogP contribution in [0.4, 0.5) is 13.2 Å². The molecule has 2 aliphatic heterocycles. The molecule has 6 nitrogen and oxygen atoms in total. The summed E-state index contributed by atoms with van der Waals surface area (Å²) in [7, 11) is 0. The van der Waals surface area contributed by atoms with Gasteiger partial charge in [-0.05, 0) is 104 Å². The number of fused-ring (bicyclic) bond motifs is 2. The minimum Gasteiger partial charge on any atom is -0.376 e. The summed E-state index contributed by atoms with van der Waals surface area (Å²) in [5.74, 6) is 0.571. The van der Waals surface area contributed by atoms with Crippen LogP contribution >= 0.6 is 23.4 Å². The molecular weight excluding hydrogens is 657 g/mol. The van der Waals surface area contributed by atoms with Gasteiger partial charge in [-0.25, -0.2) is 0 Å². The van der Waals surface area contributed by atoms with Crippen molar-refractivity contribution in [3.63, 3.8) is 0 Å². The van der Waals surface area contributed by atoms with Crippen LogP contribution in [-0.4, -0.2) is 77.4 Å². The van der Waals surface area contributed by atoms with Gasteiger partial charge in [-0.2, -0.15) is 13.2 Å². The highest BCUT2D eigenvalue weighted by molar-refractivity contribution is 8.14. The normalized spacial score (nSPS) is 28.5. The van der Waals surface area contributed by atoms with E-state index in [1.807, 2.05) is 36.4 Å². The molecule has 0 aromatic heterocycles. The van der Waals surface area contributed by atoms with Crippen LogP contribution in [-0.2, 0) is 10.2 Å². The van der Waals surface area contributed by atoms with Crippen molar-refractivity contribution >= 4 is 39.9 Å². The molecule has 0 spiro atoms. The minimum atomic E-state index is -4.48. The van der Waals surface area contributed by atoms with Crippen molar-refractivity contribution in [1.82, 2.24) is 15.5 Å². The molecule has 260 valence electrons. The summed E-state index contributed by atoms with van der Waals surface area (Å²) >= 11 is 7.89. The van der Waals surface area contributed by atoms with E-state index in [1.54, 1.807) is 11.8 Å². The molecule has 2 heterocycles. The number of carbonyl (C=O) groups is 1. The van der Waals surface area contributed by atoms with Crippen LogP contribution in [0.15, 0.2) is 69.7 Å². The predicted molar refractivity (Wildman–Crippen MR) is 189 cm³/mol. The molecule has 1 aromatic carbocycles. The van der Waals surface area contributed by atoms with Gasteiger partial charge in [0.05, 0.1) is 16.5 Å². The fraction of sp³-hybridized carbons (Fsp3) is 0.568. The zero-order valence-electron chi connectivity index (χ0n) is 27.7. The Morgan fingerprint density at radius 3 is 2.69 bits per heavy atom.